The third-order valence-corrected chi connectivity index (χ3v) is 6.95. The second kappa shape index (κ2) is 14.5. The largest absolute Gasteiger partial charge is 0.356 e. The van der Waals surface area contributed by atoms with Crippen LogP contribution in [0, 0.1) is 16.1 Å². The lowest BCUT2D eigenvalue weighted by molar-refractivity contribution is -0.153. The van der Waals surface area contributed by atoms with Crippen LogP contribution in [0.2, 0.25) is 0 Å². The zero-order valence-corrected chi connectivity index (χ0v) is 17.5. The predicted octanol–water partition coefficient (Wildman–Crippen LogP) is 6.69. The standard InChI is InChI=1S/C18H36NO2PS/c1-6-9-12-18(13-10-7-2,14-11-8-3)17(22-23-15-19)21-16(4)20-5/h16-17,22H,6-14H2,1-5H3. The Bertz CT molecular complexity index is 301. The lowest BCUT2D eigenvalue weighted by atomic mass is 9.74. The first kappa shape index (κ1) is 23.2. The molecule has 23 heavy (non-hydrogen) atoms. The van der Waals surface area contributed by atoms with Gasteiger partial charge in [0.05, 0.1) is 5.85 Å². The normalized spacial score (nSPS) is 15.0. The molecule has 0 radical (unpaired) electrons. The minimum absolute atomic E-state index is 0.117. The summed E-state index contributed by atoms with van der Waals surface area (Å²) in [6.07, 6.45) is 10.7. The molecular formula is C18H36NO2PS. The fraction of sp³-hybridized carbons (Fsp3) is 0.944. The molecule has 0 fully saturated rings. The Balaban J connectivity index is 5.36. The number of nitrogens with zero attached hydrogens (tertiary/aromatic N) is 1. The third-order valence-electron chi connectivity index (χ3n) is 4.51. The van der Waals surface area contributed by atoms with Crippen LogP contribution in [0.15, 0.2) is 0 Å². The van der Waals surface area contributed by atoms with Crippen molar-refractivity contribution in [3.8, 4) is 5.40 Å². The van der Waals surface area contributed by atoms with E-state index in [1.54, 1.807) is 7.11 Å². The van der Waals surface area contributed by atoms with Gasteiger partial charge in [-0.2, -0.15) is 5.26 Å². The van der Waals surface area contributed by atoms with Crippen molar-refractivity contribution in [3.05, 3.63) is 0 Å². The first-order valence-electron chi connectivity index (χ1n) is 9.08. The van der Waals surface area contributed by atoms with Gasteiger partial charge in [-0.25, -0.2) is 0 Å². The van der Waals surface area contributed by atoms with Crippen LogP contribution in [0.3, 0.4) is 0 Å². The molecule has 3 atom stereocenters. The first-order valence-corrected chi connectivity index (χ1v) is 11.7. The Morgan fingerprint density at radius 2 is 1.52 bits per heavy atom. The van der Waals surface area contributed by atoms with E-state index in [9.17, 15) is 0 Å². The summed E-state index contributed by atoms with van der Waals surface area (Å²) in [4.78, 5) is 0. The van der Waals surface area contributed by atoms with Gasteiger partial charge in [0.15, 0.2) is 6.29 Å². The zero-order chi connectivity index (χ0) is 17.6. The molecule has 5 heteroatoms. The van der Waals surface area contributed by atoms with Crippen molar-refractivity contribution in [3.63, 3.8) is 0 Å². The van der Waals surface area contributed by atoms with Gasteiger partial charge >= 0.3 is 0 Å². The number of unbranched alkanes of at least 4 members (excludes halogenated alkanes) is 3. The predicted molar refractivity (Wildman–Crippen MR) is 104 cm³/mol. The van der Waals surface area contributed by atoms with E-state index in [4.69, 9.17) is 14.7 Å². The molecule has 0 saturated heterocycles. The molecule has 0 spiro atoms. The van der Waals surface area contributed by atoms with Crippen molar-refractivity contribution < 1.29 is 9.47 Å². The van der Waals surface area contributed by atoms with E-state index in [2.05, 4.69) is 26.2 Å². The van der Waals surface area contributed by atoms with Crippen molar-refractivity contribution in [2.45, 2.75) is 97.6 Å². The quantitative estimate of drug-likeness (QED) is 0.185. The van der Waals surface area contributed by atoms with E-state index in [-0.39, 0.29) is 17.6 Å². The Kier molecular flexibility index (Phi) is 14.6. The molecule has 3 nitrogen and oxygen atoms in total. The van der Waals surface area contributed by atoms with Crippen LogP contribution in [0.4, 0.5) is 0 Å². The number of ether oxygens (including phenoxy) is 2. The molecule has 0 aromatic carbocycles. The number of hydrogen-bond donors (Lipinski definition) is 0. The summed E-state index contributed by atoms with van der Waals surface area (Å²) in [6, 6.07) is 0. The van der Waals surface area contributed by atoms with Gasteiger partial charge in [-0.1, -0.05) is 59.3 Å². The second-order valence-electron chi connectivity index (χ2n) is 6.30. The molecule has 0 aliphatic heterocycles. The topological polar surface area (TPSA) is 42.2 Å². The maximum Gasteiger partial charge on any atom is 0.155 e. The Hall–Kier alpha value is 0.190. The van der Waals surface area contributed by atoms with Crippen molar-refractivity contribution in [2.75, 3.05) is 7.11 Å². The maximum absolute atomic E-state index is 9.03. The number of methoxy groups -OCH3 is 1. The smallest absolute Gasteiger partial charge is 0.155 e. The Morgan fingerprint density at radius 1 is 1.04 bits per heavy atom. The highest BCUT2D eigenvalue weighted by Crippen LogP contribution is 2.52. The van der Waals surface area contributed by atoms with Gasteiger partial charge in [-0.15, -0.1) is 0 Å². The summed E-state index contributed by atoms with van der Waals surface area (Å²) < 4.78 is 11.6. The highest BCUT2D eigenvalue weighted by Gasteiger charge is 2.39. The lowest BCUT2D eigenvalue weighted by Gasteiger charge is -2.42. The van der Waals surface area contributed by atoms with Gasteiger partial charge in [0.25, 0.3) is 0 Å². The van der Waals surface area contributed by atoms with Gasteiger partial charge in [0.1, 0.15) is 5.40 Å². The van der Waals surface area contributed by atoms with Gasteiger partial charge in [-0.3, -0.25) is 0 Å². The Morgan fingerprint density at radius 3 is 1.87 bits per heavy atom. The highest BCUT2D eigenvalue weighted by molar-refractivity contribution is 8.52. The zero-order valence-electron chi connectivity index (χ0n) is 15.7. The van der Waals surface area contributed by atoms with E-state index in [0.29, 0.717) is 7.78 Å². The van der Waals surface area contributed by atoms with Crippen LogP contribution in [-0.4, -0.2) is 19.2 Å². The summed E-state index contributed by atoms with van der Waals surface area (Å²) in [7, 11) is 2.15. The molecule has 0 aliphatic rings. The van der Waals surface area contributed by atoms with Crippen LogP contribution in [0.5, 0.6) is 0 Å². The third kappa shape index (κ3) is 9.30. The van der Waals surface area contributed by atoms with Crippen molar-refractivity contribution >= 4 is 19.2 Å². The lowest BCUT2D eigenvalue weighted by Crippen LogP contribution is -2.37. The summed E-state index contributed by atoms with van der Waals surface area (Å²) in [5.74, 6) is 0.117. The van der Waals surface area contributed by atoms with E-state index in [1.165, 1.54) is 69.2 Å². The minimum atomic E-state index is -0.212. The molecule has 0 bridgehead atoms. The first-order chi connectivity index (χ1) is 11.1. The second-order valence-corrected chi connectivity index (χ2v) is 8.77. The van der Waals surface area contributed by atoms with Gasteiger partial charge < -0.3 is 9.47 Å². The molecule has 0 saturated carbocycles. The van der Waals surface area contributed by atoms with Crippen LogP contribution in [0.25, 0.3) is 0 Å². The fourth-order valence-corrected chi connectivity index (χ4v) is 5.46. The molecule has 0 N–H and O–H groups in total. The average Bonchev–Trinajstić information content (AvgIpc) is 2.58. The number of hydrogen-bond acceptors (Lipinski definition) is 4. The molecule has 0 amide bonds. The molecule has 0 aromatic rings. The average molecular weight is 362 g/mol. The monoisotopic (exact) mass is 361 g/mol. The fourth-order valence-electron chi connectivity index (χ4n) is 2.98. The van der Waals surface area contributed by atoms with Crippen LogP contribution in [0.1, 0.15) is 85.5 Å². The SMILES string of the molecule is CCCCC(CCCC)(CCCC)C(OC(C)OC)PSC#N. The van der Waals surface area contributed by atoms with Crippen LogP contribution >= 0.6 is 19.2 Å². The van der Waals surface area contributed by atoms with Crippen molar-refractivity contribution in [2.24, 2.45) is 5.41 Å². The molecule has 136 valence electrons. The molecule has 0 aromatic heterocycles. The highest BCUT2D eigenvalue weighted by atomic mass is 32.7. The number of nitriles is 1. The maximum atomic E-state index is 9.03. The molecule has 0 rings (SSSR count). The van der Waals surface area contributed by atoms with E-state index in [1.807, 2.05) is 6.92 Å². The van der Waals surface area contributed by atoms with E-state index < -0.39 is 0 Å². The Labute approximate surface area is 149 Å². The summed E-state index contributed by atoms with van der Waals surface area (Å²) >= 11 is 1.35. The van der Waals surface area contributed by atoms with Gasteiger partial charge in [0.2, 0.25) is 0 Å². The van der Waals surface area contributed by atoms with Crippen LogP contribution < -0.4 is 0 Å². The van der Waals surface area contributed by atoms with E-state index >= 15 is 0 Å². The molecule has 3 unspecified atom stereocenters. The summed E-state index contributed by atoms with van der Waals surface area (Å²) in [5, 5.41) is 11.3. The molecule has 0 heterocycles. The number of thiocyanates is 1. The van der Waals surface area contributed by atoms with Crippen LogP contribution in [-0.2, 0) is 9.47 Å². The number of rotatable bonds is 15. The van der Waals surface area contributed by atoms with Crippen molar-refractivity contribution in [1.29, 1.82) is 5.26 Å². The molecule has 0 aliphatic carbocycles. The van der Waals surface area contributed by atoms with E-state index in [0.717, 1.165) is 0 Å². The summed E-state index contributed by atoms with van der Waals surface area (Å²) in [6.45, 7) is 8.72. The van der Waals surface area contributed by atoms with Crippen molar-refractivity contribution in [1.82, 2.24) is 0 Å². The molecular weight excluding hydrogens is 325 g/mol. The summed E-state index contributed by atoms with van der Waals surface area (Å²) in [5.41, 5.74) is 0.192. The van der Waals surface area contributed by atoms with Gasteiger partial charge in [-0.05, 0) is 45.4 Å². The van der Waals surface area contributed by atoms with Gasteiger partial charge in [0, 0.05) is 12.5 Å². The minimum Gasteiger partial charge on any atom is -0.356 e.